The molecule has 1 saturated heterocycles. The number of nitrogens with one attached hydrogen (secondary N) is 2. The summed E-state index contributed by atoms with van der Waals surface area (Å²) < 4.78 is 41.0. The van der Waals surface area contributed by atoms with Gasteiger partial charge in [-0.2, -0.15) is 0 Å². The first-order valence-electron chi connectivity index (χ1n) is 25.6. The maximum atomic E-state index is 15.0. The first kappa shape index (κ1) is 55.2. The Morgan fingerprint density at radius 3 is 1.72 bits per heavy atom. The predicted octanol–water partition coefficient (Wildman–Crippen LogP) is 10.0. The summed E-state index contributed by atoms with van der Waals surface area (Å²) in [6.07, 6.45) is 3.13. The Morgan fingerprint density at radius 2 is 1.20 bits per heavy atom. The van der Waals surface area contributed by atoms with Gasteiger partial charge in [0.2, 0.25) is 0 Å². The van der Waals surface area contributed by atoms with Crippen LogP contribution in [-0.4, -0.2) is 83.7 Å². The standard InChI is InChI=1S/C62H56N6O11S2/c1-72-48-26-20-41(21-27-48)36-76-53-34-47(63-35-54(53)77-37-42-22-28-49(73-2)29-23-42)39-79-62(58(71)68-52(32-33-80-59(62)68)57(70)78-38-43-24-30-50(74-3)31-25-43)65-56(69)55(67-75-4)51-40-81-60(64-51)66-61(44-14-8-5-9-15-44,45-16-10-6-11-17-45)46-18-12-7-13-19-46/h5-32,34-35,40,59H,33,36-39H2,1-4H3,(H,64,66)(H,65,69)/b67-55-/t59-,62-/m0/s1. The highest BCUT2D eigenvalue weighted by molar-refractivity contribution is 8.00. The molecule has 0 aliphatic carbocycles. The second kappa shape index (κ2) is 25.3. The molecule has 2 aromatic heterocycles. The Morgan fingerprint density at radius 1 is 0.679 bits per heavy atom. The molecular weight excluding hydrogens is 1070 g/mol. The summed E-state index contributed by atoms with van der Waals surface area (Å²) >= 11 is 2.54. The Hall–Kier alpha value is -9.17. The maximum absolute atomic E-state index is 15.0. The van der Waals surface area contributed by atoms with Gasteiger partial charge in [0.25, 0.3) is 17.5 Å². The Kier molecular flexibility index (Phi) is 17.2. The van der Waals surface area contributed by atoms with E-state index in [2.05, 4.69) is 20.8 Å². The lowest BCUT2D eigenvalue weighted by Crippen LogP contribution is -2.81. The number of amides is 2. The first-order chi connectivity index (χ1) is 39.6. The Balaban J connectivity index is 0.953. The van der Waals surface area contributed by atoms with Crippen LogP contribution in [0.15, 0.2) is 198 Å². The minimum absolute atomic E-state index is 0.00354. The van der Waals surface area contributed by atoms with Crippen LogP contribution >= 0.6 is 23.1 Å². The number of fused-ring (bicyclic) bond motifs is 1. The van der Waals surface area contributed by atoms with Gasteiger partial charge in [-0.1, -0.05) is 133 Å². The van der Waals surface area contributed by atoms with E-state index >= 15 is 9.59 Å². The number of carbonyl (C=O) groups is 3. The van der Waals surface area contributed by atoms with Crippen molar-refractivity contribution in [3.63, 3.8) is 0 Å². The fourth-order valence-electron chi connectivity index (χ4n) is 9.28. The lowest BCUT2D eigenvalue weighted by atomic mass is 9.77. The third-order valence-corrected chi connectivity index (χ3v) is 15.4. The van der Waals surface area contributed by atoms with E-state index in [9.17, 15) is 4.79 Å². The molecule has 0 spiro atoms. The molecule has 6 aromatic carbocycles. The number of ether oxygens (including phenoxy) is 7. The van der Waals surface area contributed by atoms with E-state index in [-0.39, 0.29) is 49.3 Å². The molecule has 4 heterocycles. The second-order valence-electron chi connectivity index (χ2n) is 18.4. The van der Waals surface area contributed by atoms with Gasteiger partial charge in [-0.25, -0.2) is 9.78 Å². The number of anilines is 1. The van der Waals surface area contributed by atoms with Crippen LogP contribution in [0.4, 0.5) is 5.13 Å². The van der Waals surface area contributed by atoms with Crippen molar-refractivity contribution in [2.75, 3.05) is 39.5 Å². The van der Waals surface area contributed by atoms with Crippen LogP contribution in [0.25, 0.3) is 0 Å². The molecule has 2 aliphatic heterocycles. The van der Waals surface area contributed by atoms with Crippen molar-refractivity contribution < 1.29 is 52.4 Å². The molecule has 8 aromatic rings. The van der Waals surface area contributed by atoms with Crippen LogP contribution in [0.2, 0.25) is 0 Å². The third kappa shape index (κ3) is 12.1. The summed E-state index contributed by atoms with van der Waals surface area (Å²) in [5.41, 5.74) is 2.46. The average molecular weight is 1130 g/mol. The fourth-order valence-corrected chi connectivity index (χ4v) is 11.3. The molecule has 412 valence electrons. The summed E-state index contributed by atoms with van der Waals surface area (Å²) in [4.78, 5) is 60.1. The second-order valence-corrected chi connectivity index (χ2v) is 20.4. The fraction of sp³-hybridized carbons (Fsp3) is 0.194. The third-order valence-electron chi connectivity index (χ3n) is 13.4. The zero-order valence-corrected chi connectivity index (χ0v) is 46.2. The molecule has 81 heavy (non-hydrogen) atoms. The number of benzene rings is 6. The monoisotopic (exact) mass is 1120 g/mol. The molecule has 1 fully saturated rings. The van der Waals surface area contributed by atoms with Gasteiger partial charge < -0.3 is 48.6 Å². The van der Waals surface area contributed by atoms with Crippen LogP contribution < -0.4 is 34.3 Å². The van der Waals surface area contributed by atoms with E-state index in [0.29, 0.717) is 45.1 Å². The highest BCUT2D eigenvalue weighted by Crippen LogP contribution is 2.46. The zero-order chi connectivity index (χ0) is 56.2. The molecule has 2 aliphatic rings. The molecule has 19 heteroatoms. The summed E-state index contributed by atoms with van der Waals surface area (Å²) in [5, 5.41) is 12.0. The molecule has 17 nitrogen and oxygen atoms in total. The van der Waals surface area contributed by atoms with E-state index in [1.807, 2.05) is 140 Å². The number of thioether (sulfide) groups is 1. The Bertz CT molecular complexity index is 3420. The first-order valence-corrected chi connectivity index (χ1v) is 27.5. The molecule has 2 atom stereocenters. The van der Waals surface area contributed by atoms with Gasteiger partial charge in [0.05, 0.1) is 39.8 Å². The topological polar surface area (TPSA) is 190 Å². The minimum atomic E-state index is -2.10. The number of esters is 1. The van der Waals surface area contributed by atoms with E-state index in [4.69, 9.17) is 43.0 Å². The minimum Gasteiger partial charge on any atom is -0.497 e. The predicted molar refractivity (Wildman–Crippen MR) is 307 cm³/mol. The molecule has 0 unspecified atom stereocenters. The number of aromatic nitrogens is 2. The van der Waals surface area contributed by atoms with Crippen LogP contribution in [-0.2, 0) is 60.7 Å². The number of hydrogen-bond acceptors (Lipinski definition) is 17. The summed E-state index contributed by atoms with van der Waals surface area (Å²) in [7, 11) is 6.07. The van der Waals surface area contributed by atoms with Crippen molar-refractivity contribution in [2.24, 2.45) is 5.16 Å². The lowest BCUT2D eigenvalue weighted by molar-refractivity contribution is -0.201. The van der Waals surface area contributed by atoms with Crippen molar-refractivity contribution in [3.8, 4) is 28.7 Å². The molecule has 10 rings (SSSR count). The van der Waals surface area contributed by atoms with Gasteiger partial charge in [0.15, 0.2) is 22.3 Å². The molecule has 2 N–H and O–H groups in total. The van der Waals surface area contributed by atoms with E-state index in [1.165, 1.54) is 41.3 Å². The number of β-lactam (4-membered cyclic amide) rings is 1. The number of rotatable bonds is 24. The van der Waals surface area contributed by atoms with Gasteiger partial charge >= 0.3 is 5.97 Å². The van der Waals surface area contributed by atoms with Gasteiger partial charge in [0.1, 0.15) is 66.5 Å². The number of pyridine rings is 1. The summed E-state index contributed by atoms with van der Waals surface area (Å²) in [6, 6.07) is 53.7. The van der Waals surface area contributed by atoms with Gasteiger partial charge in [0, 0.05) is 17.2 Å². The maximum Gasteiger partial charge on any atom is 0.355 e. The average Bonchev–Trinajstić information content (AvgIpc) is 4.13. The van der Waals surface area contributed by atoms with Crippen LogP contribution in [0.5, 0.6) is 28.7 Å². The number of methoxy groups -OCH3 is 3. The normalized spacial score (nSPS) is 15.7. The number of hydrogen-bond donors (Lipinski definition) is 2. The largest absolute Gasteiger partial charge is 0.497 e. The summed E-state index contributed by atoms with van der Waals surface area (Å²) in [5.74, 6) is 0.657. The van der Waals surface area contributed by atoms with Crippen LogP contribution in [0.1, 0.15) is 44.8 Å². The number of nitrogens with zero attached hydrogens (tertiary/aromatic N) is 4. The Labute approximate surface area is 476 Å². The van der Waals surface area contributed by atoms with Gasteiger partial charge in [-0.3, -0.25) is 19.5 Å². The van der Waals surface area contributed by atoms with Crippen molar-refractivity contribution in [3.05, 3.63) is 238 Å². The molecule has 0 saturated carbocycles. The van der Waals surface area contributed by atoms with Crippen LogP contribution in [0.3, 0.4) is 0 Å². The molecule has 0 bridgehead atoms. The van der Waals surface area contributed by atoms with Crippen molar-refractivity contribution in [1.82, 2.24) is 20.2 Å². The van der Waals surface area contributed by atoms with Crippen LogP contribution in [0, 0.1) is 0 Å². The smallest absolute Gasteiger partial charge is 0.355 e. The van der Waals surface area contributed by atoms with Crippen molar-refractivity contribution >= 4 is 51.7 Å². The van der Waals surface area contributed by atoms with Crippen molar-refractivity contribution in [2.45, 2.75) is 43.1 Å². The number of oxime groups is 1. The van der Waals surface area contributed by atoms with Gasteiger partial charge in [-0.05, 0) is 75.9 Å². The highest BCUT2D eigenvalue weighted by Gasteiger charge is 2.67. The van der Waals surface area contributed by atoms with E-state index in [0.717, 1.165) is 27.8 Å². The van der Waals surface area contributed by atoms with Crippen molar-refractivity contribution in [1.29, 1.82) is 0 Å². The SMILES string of the molecule is CO/N=C(\C(=O)N[C@]1(OCc2cc(OCc3ccc(OC)cc3)c(OCc3ccc(OC)cc3)cn2)C(=O)N2C(C(=O)OCc3ccc(OC)cc3)=CCS[C@H]21)c1csc(NC(c2ccccc2)(c2ccccc2)c2ccccc2)n1. The zero-order valence-electron chi connectivity index (χ0n) is 44.6. The summed E-state index contributed by atoms with van der Waals surface area (Å²) in [6.45, 7) is -0.0495. The lowest BCUT2D eigenvalue weighted by Gasteiger charge is -2.55. The number of thiazole rings is 1. The number of carbonyl (C=O) groups excluding carboxylic acids is 3. The van der Waals surface area contributed by atoms with E-state index < -0.39 is 34.4 Å². The highest BCUT2D eigenvalue weighted by atomic mass is 32.2. The quantitative estimate of drug-likeness (QED) is 0.0145. The van der Waals surface area contributed by atoms with E-state index in [1.54, 1.807) is 63.1 Å². The van der Waals surface area contributed by atoms with Gasteiger partial charge in [-0.15, -0.1) is 23.1 Å². The molecule has 0 radical (unpaired) electrons. The molecular formula is C62H56N6O11S2. The molecule has 2 amide bonds.